The highest BCUT2D eigenvalue weighted by Gasteiger charge is 2.14. The van der Waals surface area contributed by atoms with E-state index in [-0.39, 0.29) is 6.04 Å². The van der Waals surface area contributed by atoms with Crippen molar-refractivity contribution in [2.75, 3.05) is 24.3 Å². The van der Waals surface area contributed by atoms with Crippen LogP contribution in [0.25, 0.3) is 0 Å². The molecule has 4 nitrogen and oxygen atoms in total. The standard InChI is InChI=1S/C10H19N3OS/c1-4-14-6-8(7(2)3)13-10-12-5-9(11)15-10/h5,7-8H,4,6,11H2,1-3H3,(H,12,13). The highest BCUT2D eigenvalue weighted by atomic mass is 32.1. The van der Waals surface area contributed by atoms with Gasteiger partial charge >= 0.3 is 0 Å². The third-order valence-corrected chi connectivity index (χ3v) is 2.90. The van der Waals surface area contributed by atoms with E-state index < -0.39 is 0 Å². The number of ether oxygens (including phenoxy) is 1. The van der Waals surface area contributed by atoms with Crippen LogP contribution in [0.3, 0.4) is 0 Å². The number of rotatable bonds is 6. The predicted octanol–water partition coefficient (Wildman–Crippen LogP) is 2.20. The third kappa shape index (κ3) is 4.05. The summed E-state index contributed by atoms with van der Waals surface area (Å²) in [5, 5.41) is 4.94. The number of anilines is 2. The van der Waals surface area contributed by atoms with E-state index in [1.165, 1.54) is 11.3 Å². The number of nitrogens with zero attached hydrogens (tertiary/aromatic N) is 1. The minimum atomic E-state index is 0.287. The summed E-state index contributed by atoms with van der Waals surface area (Å²) in [5.74, 6) is 0.502. The molecule has 0 aliphatic carbocycles. The smallest absolute Gasteiger partial charge is 0.184 e. The quantitative estimate of drug-likeness (QED) is 0.785. The Morgan fingerprint density at radius 3 is 2.80 bits per heavy atom. The molecular formula is C10H19N3OS. The number of aromatic nitrogens is 1. The van der Waals surface area contributed by atoms with Gasteiger partial charge in [0.25, 0.3) is 0 Å². The Hall–Kier alpha value is -0.810. The predicted molar refractivity (Wildman–Crippen MR) is 65.3 cm³/mol. The summed E-state index contributed by atoms with van der Waals surface area (Å²) in [5.41, 5.74) is 5.62. The van der Waals surface area contributed by atoms with E-state index >= 15 is 0 Å². The van der Waals surface area contributed by atoms with Crippen molar-refractivity contribution in [3.63, 3.8) is 0 Å². The second kappa shape index (κ2) is 5.92. The average molecular weight is 229 g/mol. The Morgan fingerprint density at radius 2 is 2.33 bits per heavy atom. The van der Waals surface area contributed by atoms with E-state index in [9.17, 15) is 0 Å². The van der Waals surface area contributed by atoms with Crippen LogP contribution in [0.1, 0.15) is 20.8 Å². The van der Waals surface area contributed by atoms with Crippen LogP contribution in [-0.4, -0.2) is 24.2 Å². The molecule has 0 aliphatic rings. The Morgan fingerprint density at radius 1 is 1.60 bits per heavy atom. The van der Waals surface area contributed by atoms with Crippen molar-refractivity contribution in [2.45, 2.75) is 26.8 Å². The monoisotopic (exact) mass is 229 g/mol. The Kier molecular flexibility index (Phi) is 4.84. The fourth-order valence-electron chi connectivity index (χ4n) is 1.16. The van der Waals surface area contributed by atoms with Crippen LogP contribution in [0.4, 0.5) is 10.1 Å². The van der Waals surface area contributed by atoms with Crippen LogP contribution in [0.5, 0.6) is 0 Å². The number of hydrogen-bond acceptors (Lipinski definition) is 5. The Labute approximate surface area is 94.8 Å². The highest BCUT2D eigenvalue weighted by molar-refractivity contribution is 7.19. The lowest BCUT2D eigenvalue weighted by atomic mass is 10.1. The minimum absolute atomic E-state index is 0.287. The van der Waals surface area contributed by atoms with Crippen molar-refractivity contribution in [3.05, 3.63) is 6.20 Å². The van der Waals surface area contributed by atoms with E-state index in [4.69, 9.17) is 10.5 Å². The molecule has 15 heavy (non-hydrogen) atoms. The van der Waals surface area contributed by atoms with Gasteiger partial charge in [0.2, 0.25) is 0 Å². The summed E-state index contributed by atoms with van der Waals surface area (Å²) in [4.78, 5) is 4.17. The summed E-state index contributed by atoms with van der Waals surface area (Å²) in [6, 6.07) is 0.287. The van der Waals surface area contributed by atoms with Gasteiger partial charge in [-0.25, -0.2) is 4.98 Å². The third-order valence-electron chi connectivity index (χ3n) is 2.14. The van der Waals surface area contributed by atoms with E-state index in [2.05, 4.69) is 24.1 Å². The lowest BCUT2D eigenvalue weighted by molar-refractivity contribution is 0.127. The first-order valence-electron chi connectivity index (χ1n) is 5.19. The lowest BCUT2D eigenvalue weighted by Gasteiger charge is -2.21. The highest BCUT2D eigenvalue weighted by Crippen LogP contribution is 2.21. The van der Waals surface area contributed by atoms with E-state index in [0.29, 0.717) is 12.5 Å². The topological polar surface area (TPSA) is 60.2 Å². The van der Waals surface area contributed by atoms with Gasteiger partial charge in [-0.3, -0.25) is 0 Å². The van der Waals surface area contributed by atoms with Crippen molar-refractivity contribution >= 4 is 21.5 Å². The van der Waals surface area contributed by atoms with Gasteiger partial charge in [-0.15, -0.1) is 0 Å². The molecule has 1 rings (SSSR count). The molecule has 1 atom stereocenters. The number of nitrogens with two attached hydrogens (primary N) is 1. The first-order valence-corrected chi connectivity index (χ1v) is 6.00. The van der Waals surface area contributed by atoms with Gasteiger partial charge < -0.3 is 15.8 Å². The summed E-state index contributed by atoms with van der Waals surface area (Å²) in [6.45, 7) is 7.76. The zero-order chi connectivity index (χ0) is 11.3. The molecule has 0 bridgehead atoms. The van der Waals surface area contributed by atoms with Crippen molar-refractivity contribution in [2.24, 2.45) is 5.92 Å². The van der Waals surface area contributed by atoms with Gasteiger partial charge in [-0.2, -0.15) is 0 Å². The number of nitrogen functional groups attached to an aromatic ring is 1. The zero-order valence-corrected chi connectivity index (χ0v) is 10.3. The molecule has 0 radical (unpaired) electrons. The van der Waals surface area contributed by atoms with Crippen LogP contribution in [0, 0.1) is 5.92 Å². The summed E-state index contributed by atoms with van der Waals surface area (Å²) in [7, 11) is 0. The Bertz CT molecular complexity index is 288. The molecule has 1 aromatic rings. The summed E-state index contributed by atoms with van der Waals surface area (Å²) >= 11 is 1.47. The number of hydrogen-bond donors (Lipinski definition) is 2. The molecule has 0 saturated heterocycles. The maximum Gasteiger partial charge on any atom is 0.184 e. The molecule has 0 saturated carbocycles. The second-order valence-corrected chi connectivity index (χ2v) is 4.78. The van der Waals surface area contributed by atoms with Crippen LogP contribution in [-0.2, 0) is 4.74 Å². The molecule has 5 heteroatoms. The van der Waals surface area contributed by atoms with Crippen molar-refractivity contribution in [3.8, 4) is 0 Å². The van der Waals surface area contributed by atoms with Crippen LogP contribution >= 0.6 is 11.3 Å². The molecule has 1 unspecified atom stereocenters. The molecule has 0 aromatic carbocycles. The van der Waals surface area contributed by atoms with Crippen molar-refractivity contribution < 1.29 is 4.74 Å². The van der Waals surface area contributed by atoms with E-state index in [1.807, 2.05) is 6.92 Å². The van der Waals surface area contributed by atoms with Crippen LogP contribution in [0.15, 0.2) is 6.20 Å². The fourth-order valence-corrected chi connectivity index (χ4v) is 1.80. The SMILES string of the molecule is CCOCC(Nc1ncc(N)s1)C(C)C. The molecule has 3 N–H and O–H groups in total. The van der Waals surface area contributed by atoms with Crippen molar-refractivity contribution in [1.29, 1.82) is 0 Å². The first kappa shape index (κ1) is 12.3. The summed E-state index contributed by atoms with van der Waals surface area (Å²) < 4.78 is 5.42. The fraction of sp³-hybridized carbons (Fsp3) is 0.700. The maximum atomic E-state index is 5.62. The van der Waals surface area contributed by atoms with E-state index in [0.717, 1.165) is 16.7 Å². The Balaban J connectivity index is 2.50. The number of thiazole rings is 1. The molecule has 0 aliphatic heterocycles. The first-order chi connectivity index (χ1) is 7.13. The second-order valence-electron chi connectivity index (χ2n) is 3.72. The zero-order valence-electron chi connectivity index (χ0n) is 9.49. The maximum absolute atomic E-state index is 5.62. The molecule has 86 valence electrons. The normalized spacial score (nSPS) is 13.1. The molecule has 0 fully saturated rings. The van der Waals surface area contributed by atoms with Gasteiger partial charge in [0.15, 0.2) is 5.13 Å². The van der Waals surface area contributed by atoms with Gasteiger partial charge in [0, 0.05) is 6.61 Å². The lowest BCUT2D eigenvalue weighted by Crippen LogP contribution is -2.30. The molecule has 1 aromatic heterocycles. The van der Waals surface area contributed by atoms with Gasteiger partial charge in [0.05, 0.1) is 18.8 Å². The molecular weight excluding hydrogens is 210 g/mol. The van der Waals surface area contributed by atoms with E-state index in [1.54, 1.807) is 6.20 Å². The van der Waals surface area contributed by atoms with Gasteiger partial charge in [-0.1, -0.05) is 25.2 Å². The van der Waals surface area contributed by atoms with Gasteiger partial charge in [0.1, 0.15) is 5.00 Å². The summed E-state index contributed by atoms with van der Waals surface area (Å²) in [6.07, 6.45) is 1.67. The average Bonchev–Trinajstić information content (AvgIpc) is 2.58. The van der Waals surface area contributed by atoms with Crippen LogP contribution < -0.4 is 11.1 Å². The largest absolute Gasteiger partial charge is 0.389 e. The molecule has 0 amide bonds. The number of nitrogens with one attached hydrogen (secondary N) is 1. The minimum Gasteiger partial charge on any atom is -0.389 e. The molecule has 0 spiro atoms. The van der Waals surface area contributed by atoms with Gasteiger partial charge in [-0.05, 0) is 12.8 Å². The molecule has 1 heterocycles. The van der Waals surface area contributed by atoms with Crippen LogP contribution in [0.2, 0.25) is 0 Å². The van der Waals surface area contributed by atoms with Crippen molar-refractivity contribution in [1.82, 2.24) is 4.98 Å².